The van der Waals surface area contributed by atoms with Crippen LogP contribution in [0.15, 0.2) is 23.4 Å². The standard InChI is InChI=1S/C15H20N4O4/c1-9-4-13(19-6-11(7-19)18-23-3)17-8-16-5-12(15(21)22)14(20)10(9)2/h4-5,8,11,18H,6-7H2,1-3H3,(H,16,17)(H,21,22). The Morgan fingerprint density at radius 1 is 1.48 bits per heavy atom. The van der Waals surface area contributed by atoms with Crippen molar-refractivity contribution in [2.45, 2.75) is 19.9 Å². The molecule has 8 nitrogen and oxygen atoms in total. The first kappa shape index (κ1) is 16.9. The quantitative estimate of drug-likeness (QED) is 0.695. The molecule has 0 unspecified atom stereocenters. The van der Waals surface area contributed by atoms with E-state index in [0.717, 1.165) is 19.3 Å². The fraction of sp³-hybridized carbons (Fsp3) is 0.400. The molecule has 0 radical (unpaired) electrons. The van der Waals surface area contributed by atoms with E-state index in [9.17, 15) is 9.59 Å². The number of hydrogen-bond donors (Lipinski definition) is 3. The average molecular weight is 320 g/mol. The van der Waals surface area contributed by atoms with Crippen LogP contribution in [-0.4, -0.2) is 47.3 Å². The summed E-state index contributed by atoms with van der Waals surface area (Å²) in [7, 11) is 1.57. The molecule has 0 aliphatic carbocycles. The van der Waals surface area contributed by atoms with E-state index in [-0.39, 0.29) is 11.6 Å². The van der Waals surface area contributed by atoms with Gasteiger partial charge in [-0.2, -0.15) is 5.48 Å². The van der Waals surface area contributed by atoms with Crippen LogP contribution >= 0.6 is 0 Å². The van der Waals surface area contributed by atoms with Gasteiger partial charge in [0.05, 0.1) is 19.5 Å². The molecule has 0 bridgehead atoms. The van der Waals surface area contributed by atoms with Crippen LogP contribution in [-0.2, 0) is 4.84 Å². The molecule has 0 saturated carbocycles. The summed E-state index contributed by atoms with van der Waals surface area (Å²) < 4.78 is 0. The second-order valence-corrected chi connectivity index (χ2v) is 5.35. The van der Waals surface area contributed by atoms with Gasteiger partial charge in [0.15, 0.2) is 5.43 Å². The van der Waals surface area contributed by atoms with Crippen LogP contribution in [0.2, 0.25) is 0 Å². The topological polar surface area (TPSA) is 108 Å². The number of anilines is 1. The lowest BCUT2D eigenvalue weighted by atomic mass is 10.1. The number of carboxylic acids is 1. The molecular weight excluding hydrogens is 300 g/mol. The minimum atomic E-state index is -1.27. The highest BCUT2D eigenvalue weighted by atomic mass is 16.6. The van der Waals surface area contributed by atoms with Crippen LogP contribution in [0.5, 0.6) is 0 Å². The van der Waals surface area contributed by atoms with E-state index >= 15 is 0 Å². The monoisotopic (exact) mass is 320 g/mol. The number of rotatable bonds is 4. The second-order valence-electron chi connectivity index (χ2n) is 5.35. The minimum Gasteiger partial charge on any atom is -0.477 e. The van der Waals surface area contributed by atoms with Gasteiger partial charge in [0, 0.05) is 24.8 Å². The normalized spacial score (nSPS) is 14.1. The molecule has 1 fully saturated rings. The number of hydroxylamine groups is 1. The molecule has 1 aliphatic rings. The highest BCUT2D eigenvalue weighted by molar-refractivity contribution is 5.87. The number of H-pyrrole nitrogens is 1. The predicted octanol–water partition coefficient (Wildman–Crippen LogP) is 0.549. The highest BCUT2D eigenvalue weighted by Gasteiger charge is 2.27. The molecule has 8 heteroatoms. The lowest BCUT2D eigenvalue weighted by Crippen LogP contribution is -2.58. The average Bonchev–Trinajstić information content (AvgIpc) is 2.46. The zero-order valence-electron chi connectivity index (χ0n) is 13.3. The van der Waals surface area contributed by atoms with Gasteiger partial charge in [-0.1, -0.05) is 0 Å². The summed E-state index contributed by atoms with van der Waals surface area (Å²) in [6.45, 7) is 4.84. The van der Waals surface area contributed by atoms with Crippen molar-refractivity contribution in [3.8, 4) is 0 Å². The van der Waals surface area contributed by atoms with Crippen LogP contribution in [0.4, 0.5) is 5.82 Å². The van der Waals surface area contributed by atoms with Gasteiger partial charge in [-0.25, -0.2) is 9.78 Å². The van der Waals surface area contributed by atoms with E-state index < -0.39 is 11.4 Å². The molecule has 0 aromatic carbocycles. The summed E-state index contributed by atoms with van der Waals surface area (Å²) in [5.74, 6) is -0.576. The molecule has 0 atom stereocenters. The Hall–Kier alpha value is -2.45. The number of aromatic amines is 1. The minimum absolute atomic E-state index is 0.227. The number of carboxylic acid groups (broad SMARTS) is 1. The molecule has 3 N–H and O–H groups in total. The molecule has 2 heterocycles. The zero-order valence-corrected chi connectivity index (χ0v) is 13.3. The maximum atomic E-state index is 12.3. The zero-order chi connectivity index (χ0) is 17.0. The van der Waals surface area contributed by atoms with Crippen molar-refractivity contribution in [3.05, 3.63) is 45.5 Å². The third-order valence-electron chi connectivity index (χ3n) is 3.74. The van der Waals surface area contributed by atoms with Gasteiger partial charge in [0.25, 0.3) is 0 Å². The number of aromatic carboxylic acids is 1. The number of hydrogen-bond acceptors (Lipinski definition) is 6. The maximum absolute atomic E-state index is 12.3. The van der Waals surface area contributed by atoms with Gasteiger partial charge in [-0.3, -0.25) is 4.79 Å². The Morgan fingerprint density at radius 3 is 2.78 bits per heavy atom. The molecule has 124 valence electrons. The van der Waals surface area contributed by atoms with Crippen LogP contribution < -0.4 is 15.8 Å². The van der Waals surface area contributed by atoms with Crippen LogP contribution in [0, 0.1) is 13.8 Å². The fourth-order valence-electron chi connectivity index (χ4n) is 2.25. The number of aromatic nitrogens is 2. The Balaban J connectivity index is 2.45. The molecule has 0 spiro atoms. The van der Waals surface area contributed by atoms with E-state index in [1.807, 2.05) is 4.90 Å². The third kappa shape index (κ3) is 3.85. The van der Waals surface area contributed by atoms with Crippen LogP contribution in [0.3, 0.4) is 0 Å². The van der Waals surface area contributed by atoms with E-state index in [4.69, 9.17) is 9.94 Å². The molecule has 1 saturated heterocycles. The van der Waals surface area contributed by atoms with Crippen molar-refractivity contribution in [2.24, 2.45) is 0 Å². The summed E-state index contributed by atoms with van der Waals surface area (Å²) in [5.41, 5.74) is 3.09. The molecule has 23 heavy (non-hydrogen) atoms. The Bertz CT molecular complexity index is 709. The van der Waals surface area contributed by atoms with E-state index in [0.29, 0.717) is 16.9 Å². The largest absolute Gasteiger partial charge is 0.477 e. The molecule has 1 aliphatic heterocycles. The van der Waals surface area contributed by atoms with Crippen molar-refractivity contribution in [1.29, 1.82) is 0 Å². The second kappa shape index (κ2) is 7.21. The summed E-state index contributed by atoms with van der Waals surface area (Å²) in [6, 6.07) is 2.00. The van der Waals surface area contributed by atoms with Crippen molar-refractivity contribution in [3.63, 3.8) is 0 Å². The van der Waals surface area contributed by atoms with Gasteiger partial charge in [-0.05, 0) is 25.5 Å². The SMILES string of the molecule is CONC1CN(c2cc(C)c(C)c(=O)c(C(=O)O)c[nH]cn2)C1. The number of nitrogens with zero attached hydrogens (tertiary/aromatic N) is 2. The summed E-state index contributed by atoms with van der Waals surface area (Å²) >= 11 is 0. The molecule has 2 rings (SSSR count). The first-order valence-electron chi connectivity index (χ1n) is 7.13. The van der Waals surface area contributed by atoms with E-state index in [1.54, 1.807) is 27.0 Å². The number of carbonyl (C=O) groups is 1. The molecular formula is C15H20N4O4. The predicted molar refractivity (Wildman–Crippen MR) is 85.1 cm³/mol. The van der Waals surface area contributed by atoms with Crippen molar-refractivity contribution >= 4 is 11.8 Å². The Labute approximate surface area is 133 Å². The molecule has 1 aromatic heterocycles. The smallest absolute Gasteiger partial charge is 0.341 e. The fourth-order valence-corrected chi connectivity index (χ4v) is 2.25. The van der Waals surface area contributed by atoms with Crippen molar-refractivity contribution in [1.82, 2.24) is 15.4 Å². The molecule has 1 aromatic rings. The first-order chi connectivity index (χ1) is 10.9. The van der Waals surface area contributed by atoms with Gasteiger partial charge in [-0.15, -0.1) is 0 Å². The van der Waals surface area contributed by atoms with Gasteiger partial charge in [0.1, 0.15) is 11.4 Å². The van der Waals surface area contributed by atoms with E-state index in [2.05, 4.69) is 15.4 Å². The number of aryl methyl sites for hydroxylation is 1. The highest BCUT2D eigenvalue weighted by Crippen LogP contribution is 2.18. The third-order valence-corrected chi connectivity index (χ3v) is 3.74. The van der Waals surface area contributed by atoms with Gasteiger partial charge < -0.3 is 19.8 Å². The van der Waals surface area contributed by atoms with Crippen LogP contribution in [0.1, 0.15) is 21.5 Å². The summed E-state index contributed by atoms with van der Waals surface area (Å²) in [4.78, 5) is 37.3. The van der Waals surface area contributed by atoms with Crippen molar-refractivity contribution in [2.75, 3.05) is 25.1 Å². The Morgan fingerprint density at radius 2 is 2.17 bits per heavy atom. The molecule has 0 amide bonds. The van der Waals surface area contributed by atoms with Crippen LogP contribution in [0.25, 0.3) is 0 Å². The summed E-state index contributed by atoms with van der Waals surface area (Å²) in [6.07, 6.45) is 2.52. The first-order valence-corrected chi connectivity index (χ1v) is 7.13. The van der Waals surface area contributed by atoms with E-state index in [1.165, 1.54) is 6.33 Å². The summed E-state index contributed by atoms with van der Waals surface area (Å²) in [5, 5.41) is 9.12. The number of nitrogens with one attached hydrogen (secondary N) is 2. The van der Waals surface area contributed by atoms with Crippen molar-refractivity contribution < 1.29 is 14.7 Å². The van der Waals surface area contributed by atoms with Gasteiger partial charge >= 0.3 is 5.97 Å². The van der Waals surface area contributed by atoms with Gasteiger partial charge in [0.2, 0.25) is 0 Å². The lowest BCUT2D eigenvalue weighted by Gasteiger charge is -2.39. The lowest BCUT2D eigenvalue weighted by molar-refractivity contribution is 0.0517. The maximum Gasteiger partial charge on any atom is 0.341 e. The Kier molecular flexibility index (Phi) is 5.30.